The van der Waals surface area contributed by atoms with E-state index < -0.39 is 0 Å². The molecule has 3 nitrogen and oxygen atoms in total. The van der Waals surface area contributed by atoms with E-state index in [0.29, 0.717) is 19.8 Å². The Kier molecular flexibility index (Phi) is 3.05. The Balaban J connectivity index is 2.11. The number of hydrogen-bond donors (Lipinski definition) is 1. The van der Waals surface area contributed by atoms with Gasteiger partial charge < -0.3 is 15.2 Å². The van der Waals surface area contributed by atoms with E-state index in [1.165, 1.54) is 0 Å². The number of rotatable bonds is 3. The largest absolute Gasteiger partial charge is 0.486 e. The van der Waals surface area contributed by atoms with Crippen LogP contribution in [-0.4, -0.2) is 19.3 Å². The molecule has 1 aromatic carbocycles. The van der Waals surface area contributed by atoms with Gasteiger partial charge in [-0.25, -0.2) is 0 Å². The summed E-state index contributed by atoms with van der Waals surface area (Å²) in [4.78, 5) is 0. The molecule has 1 heterocycles. The maximum Gasteiger partial charge on any atom is 0.145 e. The average molecular weight is 258 g/mol. The molecule has 0 aromatic heterocycles. The Morgan fingerprint density at radius 3 is 2.79 bits per heavy atom. The van der Waals surface area contributed by atoms with Crippen molar-refractivity contribution < 1.29 is 9.47 Å². The van der Waals surface area contributed by atoms with Gasteiger partial charge in [-0.15, -0.1) is 0 Å². The molecule has 1 saturated heterocycles. The number of ether oxygens (including phenoxy) is 2. The first kappa shape index (κ1) is 9.96. The van der Waals surface area contributed by atoms with E-state index in [1.807, 2.05) is 18.2 Å². The Morgan fingerprint density at radius 1 is 1.43 bits per heavy atom. The fourth-order valence-corrected chi connectivity index (χ4v) is 1.80. The molecule has 0 unspecified atom stereocenters. The quantitative estimate of drug-likeness (QED) is 0.897. The second kappa shape index (κ2) is 4.29. The van der Waals surface area contributed by atoms with Gasteiger partial charge in [-0.05, 0) is 23.8 Å². The van der Waals surface area contributed by atoms with Crippen LogP contribution in [-0.2, 0) is 11.3 Å². The molecule has 0 radical (unpaired) electrons. The molecule has 1 aliphatic rings. The van der Waals surface area contributed by atoms with Gasteiger partial charge in [-0.3, -0.25) is 0 Å². The third kappa shape index (κ3) is 2.26. The minimum Gasteiger partial charge on any atom is -0.486 e. The van der Waals surface area contributed by atoms with Crippen LogP contribution in [0, 0.1) is 0 Å². The molecule has 1 aliphatic heterocycles. The van der Waals surface area contributed by atoms with E-state index >= 15 is 0 Å². The Hall–Kier alpha value is -0.580. The lowest BCUT2D eigenvalue weighted by Gasteiger charge is -2.26. The summed E-state index contributed by atoms with van der Waals surface area (Å²) >= 11 is 3.42. The molecule has 2 N–H and O–H groups in total. The minimum atomic E-state index is 0.204. The lowest BCUT2D eigenvalue weighted by Crippen LogP contribution is -2.38. The lowest BCUT2D eigenvalue weighted by atomic mass is 10.2. The predicted molar refractivity (Wildman–Crippen MR) is 57.3 cm³/mol. The molecule has 2 rings (SSSR count). The van der Waals surface area contributed by atoms with Crippen molar-refractivity contribution in [2.45, 2.75) is 12.6 Å². The van der Waals surface area contributed by atoms with Crippen LogP contribution in [0.1, 0.15) is 5.56 Å². The SMILES string of the molecule is NCc1cc(Br)cc(OC2COC2)c1. The van der Waals surface area contributed by atoms with Gasteiger partial charge in [0.1, 0.15) is 11.9 Å². The van der Waals surface area contributed by atoms with Crippen molar-refractivity contribution in [3.8, 4) is 5.75 Å². The highest BCUT2D eigenvalue weighted by molar-refractivity contribution is 9.10. The Labute approximate surface area is 91.3 Å². The zero-order chi connectivity index (χ0) is 9.97. The van der Waals surface area contributed by atoms with Crippen LogP contribution in [0.4, 0.5) is 0 Å². The summed E-state index contributed by atoms with van der Waals surface area (Å²) < 4.78 is 11.7. The van der Waals surface area contributed by atoms with Crippen molar-refractivity contribution >= 4 is 15.9 Å². The van der Waals surface area contributed by atoms with Gasteiger partial charge >= 0.3 is 0 Å². The second-order valence-electron chi connectivity index (χ2n) is 3.28. The lowest BCUT2D eigenvalue weighted by molar-refractivity contribution is -0.0797. The van der Waals surface area contributed by atoms with Crippen LogP contribution in [0.25, 0.3) is 0 Å². The normalized spacial score (nSPS) is 16.4. The van der Waals surface area contributed by atoms with Gasteiger partial charge in [0.2, 0.25) is 0 Å². The molecule has 0 bridgehead atoms. The highest BCUT2D eigenvalue weighted by Gasteiger charge is 2.20. The number of hydrogen-bond acceptors (Lipinski definition) is 3. The molecule has 0 spiro atoms. The molecule has 4 heteroatoms. The predicted octanol–water partition coefficient (Wildman–Crippen LogP) is 1.69. The molecule has 76 valence electrons. The van der Waals surface area contributed by atoms with E-state index in [4.69, 9.17) is 15.2 Å². The highest BCUT2D eigenvalue weighted by atomic mass is 79.9. The van der Waals surface area contributed by atoms with Crippen LogP contribution < -0.4 is 10.5 Å². The summed E-state index contributed by atoms with van der Waals surface area (Å²) in [5.41, 5.74) is 6.63. The molecular weight excluding hydrogens is 246 g/mol. The molecule has 0 saturated carbocycles. The summed E-state index contributed by atoms with van der Waals surface area (Å²) in [6, 6.07) is 5.89. The van der Waals surface area contributed by atoms with Crippen molar-refractivity contribution in [1.82, 2.24) is 0 Å². The fourth-order valence-electron chi connectivity index (χ4n) is 1.28. The van der Waals surface area contributed by atoms with E-state index in [1.54, 1.807) is 0 Å². The zero-order valence-electron chi connectivity index (χ0n) is 7.70. The third-order valence-corrected chi connectivity index (χ3v) is 2.53. The average Bonchev–Trinajstić information content (AvgIpc) is 2.10. The van der Waals surface area contributed by atoms with Gasteiger partial charge in [0.25, 0.3) is 0 Å². The van der Waals surface area contributed by atoms with E-state index in [0.717, 1.165) is 15.8 Å². The summed E-state index contributed by atoms with van der Waals surface area (Å²) in [7, 11) is 0. The van der Waals surface area contributed by atoms with Gasteiger partial charge in [0.15, 0.2) is 0 Å². The first-order chi connectivity index (χ1) is 6.78. The fraction of sp³-hybridized carbons (Fsp3) is 0.400. The maximum atomic E-state index is 5.66. The minimum absolute atomic E-state index is 0.204. The monoisotopic (exact) mass is 257 g/mol. The summed E-state index contributed by atoms with van der Waals surface area (Å²) in [5, 5.41) is 0. The summed E-state index contributed by atoms with van der Waals surface area (Å²) in [6.45, 7) is 1.89. The topological polar surface area (TPSA) is 44.5 Å². The van der Waals surface area contributed by atoms with Crippen LogP contribution in [0.2, 0.25) is 0 Å². The molecule has 14 heavy (non-hydrogen) atoms. The zero-order valence-corrected chi connectivity index (χ0v) is 9.29. The summed E-state index contributed by atoms with van der Waals surface area (Å²) in [5.74, 6) is 0.855. The van der Waals surface area contributed by atoms with Gasteiger partial charge in [0, 0.05) is 11.0 Å². The number of halogens is 1. The van der Waals surface area contributed by atoms with Gasteiger partial charge in [-0.1, -0.05) is 15.9 Å². The second-order valence-corrected chi connectivity index (χ2v) is 4.19. The van der Waals surface area contributed by atoms with Crippen LogP contribution in [0.3, 0.4) is 0 Å². The van der Waals surface area contributed by atoms with Gasteiger partial charge in [-0.2, -0.15) is 0 Å². The van der Waals surface area contributed by atoms with E-state index in [-0.39, 0.29) is 6.10 Å². The van der Waals surface area contributed by atoms with Crippen molar-refractivity contribution in [1.29, 1.82) is 0 Å². The van der Waals surface area contributed by atoms with E-state index in [9.17, 15) is 0 Å². The molecular formula is C10H12BrNO2. The molecule has 0 amide bonds. The van der Waals surface area contributed by atoms with Crippen molar-refractivity contribution in [2.24, 2.45) is 5.73 Å². The smallest absolute Gasteiger partial charge is 0.145 e. The van der Waals surface area contributed by atoms with Crippen LogP contribution in [0.5, 0.6) is 5.75 Å². The first-order valence-electron chi connectivity index (χ1n) is 4.52. The third-order valence-electron chi connectivity index (χ3n) is 2.08. The maximum absolute atomic E-state index is 5.66. The van der Waals surface area contributed by atoms with Crippen molar-refractivity contribution in [3.63, 3.8) is 0 Å². The number of nitrogens with two attached hydrogens (primary N) is 1. The Morgan fingerprint density at radius 2 is 2.21 bits per heavy atom. The standard InChI is InChI=1S/C10H12BrNO2/c11-8-1-7(4-12)2-9(3-8)14-10-5-13-6-10/h1-3,10H,4-6,12H2. The molecule has 1 aromatic rings. The first-order valence-corrected chi connectivity index (χ1v) is 5.31. The molecule has 0 atom stereocenters. The molecule has 0 aliphatic carbocycles. The van der Waals surface area contributed by atoms with Crippen molar-refractivity contribution in [3.05, 3.63) is 28.2 Å². The molecule has 1 fully saturated rings. The van der Waals surface area contributed by atoms with E-state index in [2.05, 4.69) is 15.9 Å². The van der Waals surface area contributed by atoms with Crippen LogP contribution in [0.15, 0.2) is 22.7 Å². The van der Waals surface area contributed by atoms with Crippen molar-refractivity contribution in [2.75, 3.05) is 13.2 Å². The Bertz CT molecular complexity index is 326. The number of benzene rings is 1. The summed E-state index contributed by atoms with van der Waals surface area (Å²) in [6.07, 6.45) is 0.204. The van der Waals surface area contributed by atoms with Gasteiger partial charge in [0.05, 0.1) is 13.2 Å². The highest BCUT2D eigenvalue weighted by Crippen LogP contribution is 2.23. The van der Waals surface area contributed by atoms with Crippen LogP contribution >= 0.6 is 15.9 Å².